The minimum atomic E-state index is -0.0544. The predicted molar refractivity (Wildman–Crippen MR) is 123 cm³/mol. The van der Waals surface area contributed by atoms with E-state index in [4.69, 9.17) is 4.74 Å². The largest absolute Gasteiger partial charge is 0.375 e. The molecule has 0 amide bonds. The molecular formula is C26H30ClNO. The highest BCUT2D eigenvalue weighted by atomic mass is 35.5. The highest BCUT2D eigenvalue weighted by Gasteiger charge is 2.38. The van der Waals surface area contributed by atoms with E-state index in [0.29, 0.717) is 0 Å². The van der Waals surface area contributed by atoms with Crippen LogP contribution in [0.1, 0.15) is 40.7 Å². The van der Waals surface area contributed by atoms with Crippen LogP contribution in [0.25, 0.3) is 0 Å². The summed E-state index contributed by atoms with van der Waals surface area (Å²) in [5.41, 5.74) is 6.74. The van der Waals surface area contributed by atoms with Gasteiger partial charge in [-0.1, -0.05) is 84.4 Å². The first kappa shape index (κ1) is 21.6. The fourth-order valence-corrected chi connectivity index (χ4v) is 4.44. The van der Waals surface area contributed by atoms with Crippen molar-refractivity contribution in [2.24, 2.45) is 0 Å². The maximum atomic E-state index is 6.09. The first-order chi connectivity index (χ1) is 13.8. The maximum absolute atomic E-state index is 6.09. The van der Waals surface area contributed by atoms with Gasteiger partial charge in [0.1, 0.15) is 0 Å². The second-order valence-electron chi connectivity index (χ2n) is 7.87. The number of hydrogen-bond donors (Lipinski definition) is 1. The topological polar surface area (TPSA) is 21.3 Å². The van der Waals surface area contributed by atoms with Crippen LogP contribution in [0.4, 0.5) is 0 Å². The Labute approximate surface area is 180 Å². The molecule has 1 aliphatic heterocycles. The van der Waals surface area contributed by atoms with Crippen LogP contribution in [0.15, 0.2) is 78.9 Å². The first-order valence-corrected chi connectivity index (χ1v) is 10.3. The van der Waals surface area contributed by atoms with E-state index < -0.39 is 0 Å². The molecular weight excluding hydrogens is 378 g/mol. The number of rotatable bonds is 7. The van der Waals surface area contributed by atoms with Crippen LogP contribution >= 0.6 is 12.4 Å². The minimum absolute atomic E-state index is 0. The molecule has 1 unspecified atom stereocenters. The summed E-state index contributed by atoms with van der Waals surface area (Å²) in [6, 6.07) is 28.4. The van der Waals surface area contributed by atoms with E-state index in [1.807, 2.05) is 0 Å². The number of ether oxygens (including phenoxy) is 1. The Morgan fingerprint density at radius 3 is 2.55 bits per heavy atom. The summed E-state index contributed by atoms with van der Waals surface area (Å²) in [5, 5.41) is 3.62. The van der Waals surface area contributed by atoms with Gasteiger partial charge >= 0.3 is 0 Å². The third-order valence-electron chi connectivity index (χ3n) is 5.83. The van der Waals surface area contributed by atoms with E-state index in [-0.39, 0.29) is 17.8 Å². The molecule has 0 saturated heterocycles. The lowest BCUT2D eigenvalue weighted by atomic mass is 9.69. The van der Waals surface area contributed by atoms with Crippen LogP contribution < -0.4 is 5.32 Å². The Bertz CT molecular complexity index is 911. The number of fused-ring (bicyclic) bond motifs is 1. The van der Waals surface area contributed by atoms with Crippen molar-refractivity contribution < 1.29 is 4.74 Å². The van der Waals surface area contributed by atoms with Crippen molar-refractivity contribution in [3.05, 3.63) is 107 Å². The van der Waals surface area contributed by atoms with Crippen molar-refractivity contribution in [1.82, 2.24) is 5.32 Å². The summed E-state index contributed by atoms with van der Waals surface area (Å²) in [4.78, 5) is 0. The molecule has 3 aromatic rings. The summed E-state index contributed by atoms with van der Waals surface area (Å²) in [6.45, 7) is 5.55. The molecule has 0 saturated carbocycles. The van der Waals surface area contributed by atoms with Gasteiger partial charge in [-0.05, 0) is 48.6 Å². The van der Waals surface area contributed by atoms with Crippen molar-refractivity contribution in [3.8, 4) is 0 Å². The molecule has 0 radical (unpaired) electrons. The van der Waals surface area contributed by atoms with Crippen LogP contribution in [0.2, 0.25) is 0 Å². The lowest BCUT2D eigenvalue weighted by Crippen LogP contribution is -2.38. The number of nitrogens with one attached hydrogen (secondary N) is 1. The lowest BCUT2D eigenvalue weighted by molar-refractivity contribution is 0.0613. The molecule has 4 rings (SSSR count). The van der Waals surface area contributed by atoms with Gasteiger partial charge in [-0.3, -0.25) is 0 Å². The highest BCUT2D eigenvalue weighted by molar-refractivity contribution is 5.85. The molecule has 0 fully saturated rings. The third kappa shape index (κ3) is 4.90. The fourth-order valence-electron chi connectivity index (χ4n) is 4.44. The highest BCUT2D eigenvalue weighted by Crippen LogP contribution is 2.41. The molecule has 152 valence electrons. The van der Waals surface area contributed by atoms with Crippen LogP contribution in [0.5, 0.6) is 0 Å². The van der Waals surface area contributed by atoms with E-state index in [0.717, 1.165) is 39.1 Å². The molecule has 0 spiro atoms. The van der Waals surface area contributed by atoms with Crippen molar-refractivity contribution in [2.75, 3.05) is 13.2 Å². The minimum Gasteiger partial charge on any atom is -0.375 e. The van der Waals surface area contributed by atoms with Gasteiger partial charge in [0.25, 0.3) is 0 Å². The Kier molecular flexibility index (Phi) is 7.49. The molecule has 3 heteroatoms. The van der Waals surface area contributed by atoms with E-state index in [9.17, 15) is 0 Å². The van der Waals surface area contributed by atoms with Gasteiger partial charge in [0.2, 0.25) is 0 Å². The fraction of sp³-hybridized carbons (Fsp3) is 0.308. The SMILES string of the molecule is Cc1cccc(CNCCCC2(c3ccccc3)COCc3ccccc32)c1.Cl. The lowest BCUT2D eigenvalue weighted by Gasteiger charge is -2.40. The number of benzene rings is 3. The summed E-state index contributed by atoms with van der Waals surface area (Å²) in [6.07, 6.45) is 2.19. The van der Waals surface area contributed by atoms with E-state index in [2.05, 4.69) is 91.1 Å². The Morgan fingerprint density at radius 2 is 1.72 bits per heavy atom. The first-order valence-electron chi connectivity index (χ1n) is 10.3. The number of halogens is 1. The molecule has 1 N–H and O–H groups in total. The maximum Gasteiger partial charge on any atom is 0.0720 e. The molecule has 0 aromatic heterocycles. The van der Waals surface area contributed by atoms with Crippen LogP contribution in [-0.2, 0) is 23.3 Å². The Hall–Kier alpha value is -2.13. The van der Waals surface area contributed by atoms with Crippen LogP contribution in [-0.4, -0.2) is 13.2 Å². The van der Waals surface area contributed by atoms with Crippen LogP contribution in [0, 0.1) is 6.92 Å². The molecule has 0 aliphatic carbocycles. The molecule has 29 heavy (non-hydrogen) atoms. The molecule has 3 aromatic carbocycles. The van der Waals surface area contributed by atoms with E-state index in [1.54, 1.807) is 0 Å². The normalized spacial score (nSPS) is 18.0. The van der Waals surface area contributed by atoms with Crippen molar-refractivity contribution in [1.29, 1.82) is 0 Å². The number of aryl methyl sites for hydroxylation is 1. The second kappa shape index (κ2) is 10.1. The molecule has 0 bridgehead atoms. The second-order valence-corrected chi connectivity index (χ2v) is 7.87. The van der Waals surface area contributed by atoms with Crippen molar-refractivity contribution in [2.45, 2.75) is 38.3 Å². The molecule has 1 heterocycles. The van der Waals surface area contributed by atoms with Gasteiger partial charge in [-0.25, -0.2) is 0 Å². The molecule has 1 aliphatic rings. The number of hydrogen-bond acceptors (Lipinski definition) is 2. The summed E-state index contributed by atoms with van der Waals surface area (Å²) in [5.74, 6) is 0. The van der Waals surface area contributed by atoms with Gasteiger partial charge in [0, 0.05) is 12.0 Å². The average molecular weight is 408 g/mol. The zero-order chi connectivity index (χ0) is 19.2. The summed E-state index contributed by atoms with van der Waals surface area (Å²) in [7, 11) is 0. The van der Waals surface area contributed by atoms with Gasteiger partial charge < -0.3 is 10.1 Å². The quantitative estimate of drug-likeness (QED) is 0.499. The van der Waals surface area contributed by atoms with Gasteiger partial charge in [0.15, 0.2) is 0 Å². The van der Waals surface area contributed by atoms with E-state index >= 15 is 0 Å². The van der Waals surface area contributed by atoms with Crippen molar-refractivity contribution in [3.63, 3.8) is 0 Å². The summed E-state index contributed by atoms with van der Waals surface area (Å²) >= 11 is 0. The predicted octanol–water partition coefficient (Wildman–Crippen LogP) is 5.80. The summed E-state index contributed by atoms with van der Waals surface area (Å²) < 4.78 is 6.09. The Morgan fingerprint density at radius 1 is 0.931 bits per heavy atom. The van der Waals surface area contributed by atoms with E-state index in [1.165, 1.54) is 27.8 Å². The van der Waals surface area contributed by atoms with Crippen molar-refractivity contribution >= 4 is 12.4 Å². The zero-order valence-corrected chi connectivity index (χ0v) is 17.9. The zero-order valence-electron chi connectivity index (χ0n) is 17.1. The Balaban J connectivity index is 0.00000240. The van der Waals surface area contributed by atoms with Gasteiger partial charge in [0.05, 0.1) is 13.2 Å². The van der Waals surface area contributed by atoms with Gasteiger partial charge in [-0.2, -0.15) is 0 Å². The smallest absolute Gasteiger partial charge is 0.0720 e. The standard InChI is InChI=1S/C26H29NO.ClH/c1-21-9-7-10-22(17-21)18-27-16-8-15-26(24-12-3-2-4-13-24)20-28-19-23-11-5-6-14-25(23)26;/h2-7,9-14,17,27H,8,15-16,18-20H2,1H3;1H. The third-order valence-corrected chi connectivity index (χ3v) is 5.83. The molecule has 2 nitrogen and oxygen atoms in total. The van der Waals surface area contributed by atoms with Crippen LogP contribution in [0.3, 0.4) is 0 Å². The average Bonchev–Trinajstić information content (AvgIpc) is 2.74. The monoisotopic (exact) mass is 407 g/mol. The molecule has 1 atom stereocenters. The van der Waals surface area contributed by atoms with Gasteiger partial charge in [-0.15, -0.1) is 12.4 Å².